The minimum Gasteiger partial charge on any atom is -0.334 e. The lowest BCUT2D eigenvalue weighted by molar-refractivity contribution is -0.151. The van der Waals surface area contributed by atoms with Crippen molar-refractivity contribution in [1.29, 1.82) is 0 Å². The van der Waals surface area contributed by atoms with Crippen LogP contribution in [-0.2, 0) is 36.0 Å². The van der Waals surface area contributed by atoms with E-state index in [1.54, 1.807) is 17.0 Å². The van der Waals surface area contributed by atoms with Crippen molar-refractivity contribution in [2.75, 3.05) is 16.7 Å². The van der Waals surface area contributed by atoms with Crippen LogP contribution in [-0.4, -0.2) is 57.2 Å². The molecule has 2 fully saturated rings. The van der Waals surface area contributed by atoms with Gasteiger partial charge in [-0.2, -0.15) is 0 Å². The number of hydrogen-bond acceptors (Lipinski definition) is 7. The predicted octanol–water partition coefficient (Wildman–Crippen LogP) is 3.23. The maximum atomic E-state index is 13.9. The summed E-state index contributed by atoms with van der Waals surface area (Å²) in [4.78, 5) is 33.6. The molecular formula is C26H28FN3O6S2. The number of fused-ring (bicyclic) bond motifs is 2. The van der Waals surface area contributed by atoms with Crippen LogP contribution in [0, 0.1) is 17.7 Å². The van der Waals surface area contributed by atoms with Crippen LogP contribution in [0.3, 0.4) is 0 Å². The van der Waals surface area contributed by atoms with Gasteiger partial charge in [0.2, 0.25) is 15.9 Å². The summed E-state index contributed by atoms with van der Waals surface area (Å²) in [6.45, 7) is 0.182. The Morgan fingerprint density at radius 1 is 1.05 bits per heavy atom. The van der Waals surface area contributed by atoms with Crippen molar-refractivity contribution < 1.29 is 30.8 Å². The van der Waals surface area contributed by atoms with Gasteiger partial charge >= 0.3 is 0 Å². The summed E-state index contributed by atoms with van der Waals surface area (Å²) in [7, 11) is -7.64. The zero-order valence-corrected chi connectivity index (χ0v) is 22.4. The maximum Gasteiger partial charge on any atom is 0.239 e. The highest BCUT2D eigenvalue weighted by Crippen LogP contribution is 2.39. The molecule has 38 heavy (non-hydrogen) atoms. The molecule has 2 aromatic rings. The fraction of sp³-hybridized carbons (Fsp3) is 0.423. The number of likely N-dealkylation sites (tertiary alicyclic amines) is 1. The number of rotatable bonds is 5. The third kappa shape index (κ3) is 5.24. The molecule has 1 aliphatic carbocycles. The first-order valence-corrected chi connectivity index (χ1v) is 16.0. The molecule has 2 aliphatic heterocycles. The first kappa shape index (κ1) is 26.5. The van der Waals surface area contributed by atoms with Crippen LogP contribution in [0.15, 0.2) is 52.4 Å². The number of sulfonamides is 1. The van der Waals surface area contributed by atoms with Gasteiger partial charge in [0, 0.05) is 24.2 Å². The van der Waals surface area contributed by atoms with Crippen molar-refractivity contribution >= 4 is 48.6 Å². The molecule has 1 amide bonds. The number of hydrogen-bond donors (Lipinski definition) is 1. The first-order valence-electron chi connectivity index (χ1n) is 12.4. The number of sulfone groups is 1. The lowest BCUT2D eigenvalue weighted by Crippen LogP contribution is -2.59. The molecule has 12 heteroatoms. The summed E-state index contributed by atoms with van der Waals surface area (Å²) in [5.41, 5.74) is 0.817. The Kier molecular flexibility index (Phi) is 6.89. The summed E-state index contributed by atoms with van der Waals surface area (Å²) in [5, 5.41) is 0. The average molecular weight is 562 g/mol. The molecule has 1 saturated heterocycles. The quantitative estimate of drug-likeness (QED) is 0.558. The number of benzene rings is 2. The molecule has 9 nitrogen and oxygen atoms in total. The normalized spacial score (nSPS) is 25.2. The van der Waals surface area contributed by atoms with Gasteiger partial charge in [0.05, 0.1) is 28.3 Å². The van der Waals surface area contributed by atoms with E-state index in [2.05, 4.69) is 9.71 Å². The molecule has 1 unspecified atom stereocenters. The van der Waals surface area contributed by atoms with Gasteiger partial charge in [-0.15, -0.1) is 0 Å². The molecule has 1 saturated carbocycles. The lowest BCUT2D eigenvalue weighted by atomic mass is 9.76. The Morgan fingerprint density at radius 2 is 1.76 bits per heavy atom. The number of carbonyl (C=O) groups excluding carboxylic acids is 2. The highest BCUT2D eigenvalue weighted by molar-refractivity contribution is 7.92. The number of halogens is 1. The van der Waals surface area contributed by atoms with Crippen LogP contribution in [0.1, 0.15) is 37.7 Å². The van der Waals surface area contributed by atoms with Crippen LogP contribution in [0.5, 0.6) is 0 Å². The topological polar surface area (TPSA) is 130 Å². The number of amides is 1. The van der Waals surface area contributed by atoms with E-state index in [0.29, 0.717) is 18.4 Å². The smallest absolute Gasteiger partial charge is 0.239 e. The van der Waals surface area contributed by atoms with Gasteiger partial charge in [-0.05, 0) is 48.7 Å². The summed E-state index contributed by atoms with van der Waals surface area (Å²) in [6.07, 6.45) is 4.87. The number of nitrogens with zero attached hydrogens (tertiary/aromatic N) is 2. The zero-order valence-electron chi connectivity index (χ0n) is 20.8. The molecule has 2 aromatic carbocycles. The Labute approximate surface area is 221 Å². The number of nitrogens with one attached hydrogen (secondary N) is 1. The van der Waals surface area contributed by atoms with E-state index in [4.69, 9.17) is 0 Å². The molecule has 0 bridgehead atoms. The molecule has 0 spiro atoms. The number of ketones is 1. The van der Waals surface area contributed by atoms with Crippen molar-refractivity contribution in [2.45, 2.75) is 49.6 Å². The van der Waals surface area contributed by atoms with Gasteiger partial charge in [-0.25, -0.2) is 21.2 Å². The molecule has 5 rings (SSSR count). The van der Waals surface area contributed by atoms with Gasteiger partial charge < -0.3 is 4.90 Å². The van der Waals surface area contributed by atoms with Crippen LogP contribution >= 0.6 is 0 Å². The number of carbonyl (C=O) groups is 2. The van der Waals surface area contributed by atoms with Crippen molar-refractivity contribution in [3.63, 3.8) is 0 Å². The Morgan fingerprint density at radius 3 is 2.47 bits per heavy atom. The van der Waals surface area contributed by atoms with Crippen LogP contribution in [0.25, 0.3) is 0 Å². The van der Waals surface area contributed by atoms with Gasteiger partial charge in [0.15, 0.2) is 15.6 Å². The zero-order chi connectivity index (χ0) is 27.2. The fourth-order valence-corrected chi connectivity index (χ4v) is 7.76. The minimum absolute atomic E-state index is 0.0249. The molecule has 202 valence electrons. The minimum atomic E-state index is -4.01. The number of aliphatic imine (C=N–C) groups is 1. The van der Waals surface area contributed by atoms with Crippen molar-refractivity contribution in [1.82, 2.24) is 4.90 Å². The number of Topliss-reactive ketones (excluding diaryl/α,β-unsaturated/α-hetero) is 1. The number of piperidine rings is 1. The average Bonchev–Trinajstić information content (AvgIpc) is 3.09. The molecule has 1 N–H and O–H groups in total. The van der Waals surface area contributed by atoms with Crippen molar-refractivity contribution in [3.8, 4) is 0 Å². The molecule has 0 aromatic heterocycles. The SMILES string of the molecule is CS(=O)(=O)Nc1ccc2c(c1)S(=O)(=O)CC(C1C(=O)[C@@H]3CCCCC[C@@H]3N(Cc3ccc(F)cc3)C1=O)=N2. The maximum absolute atomic E-state index is 13.9. The van der Waals surface area contributed by atoms with Gasteiger partial charge in [-0.1, -0.05) is 31.4 Å². The van der Waals surface area contributed by atoms with E-state index >= 15 is 0 Å². The molecule has 2 heterocycles. The predicted molar refractivity (Wildman–Crippen MR) is 140 cm³/mol. The van der Waals surface area contributed by atoms with E-state index in [9.17, 15) is 30.8 Å². The molecular weight excluding hydrogens is 533 g/mol. The van der Waals surface area contributed by atoms with E-state index in [0.717, 1.165) is 25.5 Å². The Balaban J connectivity index is 1.54. The molecule has 3 aliphatic rings. The van der Waals surface area contributed by atoms with Crippen LogP contribution in [0.2, 0.25) is 0 Å². The molecule has 3 atom stereocenters. The second-order valence-electron chi connectivity index (χ2n) is 10.2. The first-order chi connectivity index (χ1) is 17.9. The number of anilines is 1. The van der Waals surface area contributed by atoms with Gasteiger partial charge in [-0.3, -0.25) is 19.3 Å². The van der Waals surface area contributed by atoms with E-state index in [1.165, 1.54) is 30.3 Å². The van der Waals surface area contributed by atoms with E-state index < -0.39 is 49.2 Å². The van der Waals surface area contributed by atoms with Crippen LogP contribution < -0.4 is 4.72 Å². The fourth-order valence-electron chi connectivity index (χ4n) is 5.69. The standard InChI is InChI=1S/C26H28FN3O6S2/c1-37(33,34)29-18-11-12-20-23(13-18)38(35,36)15-21(28-20)24-25(31)19-5-3-2-4-6-22(19)30(26(24)32)14-16-7-9-17(27)10-8-16/h7-13,19,22,24,29H,2-6,14-15H2,1H3/t19-,22+,24?/m1/s1. The third-order valence-electron chi connectivity index (χ3n) is 7.36. The van der Waals surface area contributed by atoms with E-state index in [-0.39, 0.29) is 40.4 Å². The van der Waals surface area contributed by atoms with E-state index in [1.807, 2.05) is 0 Å². The Hall–Kier alpha value is -3.12. The summed E-state index contributed by atoms with van der Waals surface area (Å²) in [6, 6.07) is 9.46. The monoisotopic (exact) mass is 561 g/mol. The third-order valence-corrected chi connectivity index (χ3v) is 9.64. The van der Waals surface area contributed by atoms with Crippen molar-refractivity contribution in [2.24, 2.45) is 16.8 Å². The van der Waals surface area contributed by atoms with Crippen LogP contribution in [0.4, 0.5) is 15.8 Å². The van der Waals surface area contributed by atoms with Gasteiger partial charge in [0.1, 0.15) is 11.7 Å². The van der Waals surface area contributed by atoms with Gasteiger partial charge in [0.25, 0.3) is 0 Å². The largest absolute Gasteiger partial charge is 0.334 e. The Bertz CT molecular complexity index is 1540. The molecule has 0 radical (unpaired) electrons. The second-order valence-corrected chi connectivity index (χ2v) is 13.9. The highest BCUT2D eigenvalue weighted by Gasteiger charge is 2.50. The summed E-state index contributed by atoms with van der Waals surface area (Å²) < 4.78 is 65.5. The second kappa shape index (κ2) is 9.88. The summed E-state index contributed by atoms with van der Waals surface area (Å²) in [5.74, 6) is -3.57. The lowest BCUT2D eigenvalue weighted by Gasteiger charge is -2.43. The van der Waals surface area contributed by atoms with Crippen molar-refractivity contribution in [3.05, 3.63) is 53.8 Å². The summed E-state index contributed by atoms with van der Waals surface area (Å²) >= 11 is 0. The highest BCUT2D eigenvalue weighted by atomic mass is 32.2.